The van der Waals surface area contributed by atoms with Gasteiger partial charge in [-0.1, -0.05) is 25.0 Å². The van der Waals surface area contributed by atoms with Crippen LogP contribution < -0.4 is 0 Å². The van der Waals surface area contributed by atoms with Crippen LogP contribution in [0.15, 0.2) is 0 Å². The third-order valence-corrected chi connectivity index (χ3v) is 3.13. The molecular weight excluding hydrogens is 175 g/mol. The molecule has 1 nitrogen and oxygen atoms in total. The van der Waals surface area contributed by atoms with E-state index in [2.05, 4.69) is 6.92 Å². The van der Waals surface area contributed by atoms with Crippen LogP contribution in [0.1, 0.15) is 32.6 Å². The summed E-state index contributed by atoms with van der Waals surface area (Å²) >= 11 is -0.213. The van der Waals surface area contributed by atoms with Crippen LogP contribution in [0.5, 0.6) is 0 Å². The first kappa shape index (κ1) is 11.8. The molecule has 0 saturated heterocycles. The van der Waals surface area contributed by atoms with E-state index in [1.54, 1.807) is 0 Å². The maximum Gasteiger partial charge on any atom is 0.376 e. The first-order valence-electron chi connectivity index (χ1n) is 4.55. The molecule has 0 fully saturated rings. The monoisotopic (exact) mass is 192 g/mol. The van der Waals surface area contributed by atoms with Crippen LogP contribution in [0.4, 0.5) is 0 Å². The van der Waals surface area contributed by atoms with Gasteiger partial charge in [0.25, 0.3) is 0 Å². The highest BCUT2D eigenvalue weighted by atomic mass is 35.6. The van der Waals surface area contributed by atoms with Crippen LogP contribution in [-0.4, -0.2) is 27.5 Å². The van der Waals surface area contributed by atoms with Gasteiger partial charge in [0.2, 0.25) is 0 Å². The van der Waals surface area contributed by atoms with Crippen molar-refractivity contribution in [2.45, 2.75) is 37.9 Å². The summed E-state index contributed by atoms with van der Waals surface area (Å²) in [5.41, 5.74) is 0. The first-order valence-corrected chi connectivity index (χ1v) is 7.69. The number of halogens is 1. The molecule has 0 aliphatic rings. The summed E-state index contributed by atoms with van der Waals surface area (Å²) in [6.45, 7) is 4.06. The smallest absolute Gasteiger partial charge is 0.376 e. The Hall–Kier alpha value is 0.782. The lowest BCUT2D eigenvalue weighted by Gasteiger charge is -2.01. The fourth-order valence-electron chi connectivity index (χ4n) is 0.824. The molecule has 0 aromatic rings. The zero-order valence-corrected chi connectivity index (χ0v) is 9.61. The number of hydrogen-bond acceptors (Lipinski definition) is 1. The van der Waals surface area contributed by atoms with Crippen LogP contribution in [0, 0.1) is 0 Å². The topological polar surface area (TPSA) is 9.23 Å². The fourth-order valence-corrected chi connectivity index (χ4v) is 1.93. The van der Waals surface area contributed by atoms with E-state index in [9.17, 15) is 0 Å². The van der Waals surface area contributed by atoms with E-state index in [4.69, 9.17) is 14.8 Å². The average molecular weight is 193 g/mol. The summed E-state index contributed by atoms with van der Waals surface area (Å²) in [5, 5.41) is 1.26. The van der Waals surface area contributed by atoms with Gasteiger partial charge in [0, 0.05) is 13.2 Å². The van der Waals surface area contributed by atoms with Crippen molar-refractivity contribution < 1.29 is 4.74 Å². The minimum absolute atomic E-state index is 0.213. The quantitative estimate of drug-likeness (QED) is 0.424. The summed E-state index contributed by atoms with van der Waals surface area (Å²) in [6.07, 6.45) is 4.89. The van der Waals surface area contributed by atoms with Crippen LogP contribution in [0.25, 0.3) is 0 Å². The maximum absolute atomic E-state index is 5.66. The Morgan fingerprint density at radius 3 is 2.55 bits per heavy atom. The fraction of sp³-hybridized carbons (Fsp3) is 1.00. The molecule has 0 bridgehead atoms. The van der Waals surface area contributed by atoms with Crippen molar-refractivity contribution in [1.82, 2.24) is 0 Å². The summed E-state index contributed by atoms with van der Waals surface area (Å²) in [4.78, 5) is 0. The Labute approximate surface area is 80.4 Å². The Morgan fingerprint density at radius 2 is 1.91 bits per heavy atom. The highest BCUT2D eigenvalue weighted by Gasteiger charge is 1.90. The second kappa shape index (κ2) is 10.8. The molecule has 0 N–H and O–H groups in total. The van der Waals surface area contributed by atoms with Crippen molar-refractivity contribution in [2.75, 3.05) is 13.2 Å². The zero-order valence-electron chi connectivity index (χ0n) is 7.44. The van der Waals surface area contributed by atoms with Gasteiger partial charge in [0.15, 0.2) is 0 Å². The molecule has 0 heterocycles. The Morgan fingerprint density at radius 1 is 1.18 bits per heavy atom. The van der Waals surface area contributed by atoms with Crippen LogP contribution in [0.2, 0.25) is 5.28 Å². The van der Waals surface area contributed by atoms with E-state index in [-0.39, 0.29) is 14.3 Å². The second-order valence-electron chi connectivity index (χ2n) is 2.72. The third-order valence-electron chi connectivity index (χ3n) is 1.56. The normalized spacial score (nSPS) is 10.0. The van der Waals surface area contributed by atoms with E-state index in [0.29, 0.717) is 0 Å². The van der Waals surface area contributed by atoms with Crippen molar-refractivity contribution in [2.24, 2.45) is 0 Å². The van der Waals surface area contributed by atoms with Gasteiger partial charge in [-0.05, 0) is 12.8 Å². The number of rotatable bonds is 8. The van der Waals surface area contributed by atoms with Crippen molar-refractivity contribution in [3.8, 4) is 0 Å². The van der Waals surface area contributed by atoms with Crippen molar-refractivity contribution in [3.63, 3.8) is 0 Å². The molecule has 0 aliphatic heterocycles. The number of unbranched alkanes of at least 4 members (excludes halogenated alkanes) is 2. The lowest BCUT2D eigenvalue weighted by Crippen LogP contribution is -1.96. The van der Waals surface area contributed by atoms with E-state index < -0.39 is 0 Å². The first-order chi connectivity index (χ1) is 5.41. The van der Waals surface area contributed by atoms with Crippen LogP contribution in [-0.2, 0) is 4.74 Å². The van der Waals surface area contributed by atoms with Crippen LogP contribution >= 0.6 is 10.0 Å². The minimum Gasteiger partial charge on any atom is -0.381 e. The molecule has 3 heteroatoms. The molecule has 0 radical (unpaired) electrons. The van der Waals surface area contributed by atoms with Gasteiger partial charge in [-0.15, -0.1) is 0 Å². The van der Waals surface area contributed by atoms with E-state index in [1.807, 2.05) is 0 Å². The van der Waals surface area contributed by atoms with E-state index >= 15 is 0 Å². The number of hydrogen-bond donors (Lipinski definition) is 0. The molecule has 66 valence electrons. The zero-order chi connectivity index (χ0) is 8.36. The van der Waals surface area contributed by atoms with E-state index in [0.717, 1.165) is 13.2 Å². The standard InChI is InChI=1S/C8H17O.Al.ClH.H/c1-3-5-7-9-8-6-4-2;;;/h1,3-8H2,2H3;;1H;/q;+1;;/p-1. The van der Waals surface area contributed by atoms with Crippen molar-refractivity contribution >= 4 is 24.3 Å². The molecular formula is C8H18AlClO. The third kappa shape index (κ3) is 10.8. The van der Waals surface area contributed by atoms with Crippen LogP contribution in [0.3, 0.4) is 0 Å². The maximum atomic E-state index is 5.66. The van der Waals surface area contributed by atoms with Gasteiger partial charge in [0.05, 0.1) is 0 Å². The SMILES string of the molecule is CCCCOCCC[CH2][AlH][Cl]. The molecule has 0 aromatic carbocycles. The summed E-state index contributed by atoms with van der Waals surface area (Å²) in [5.74, 6) is 0. The van der Waals surface area contributed by atoms with Crippen molar-refractivity contribution in [1.29, 1.82) is 0 Å². The second-order valence-corrected chi connectivity index (χ2v) is 4.93. The van der Waals surface area contributed by atoms with Gasteiger partial charge in [-0.25, -0.2) is 0 Å². The molecule has 11 heavy (non-hydrogen) atoms. The summed E-state index contributed by atoms with van der Waals surface area (Å²) in [6, 6.07) is 0. The Bertz CT molecular complexity index is 63.1. The molecule has 0 atom stereocenters. The summed E-state index contributed by atoms with van der Waals surface area (Å²) < 4.78 is 5.39. The molecule has 0 saturated carbocycles. The Kier molecular flexibility index (Phi) is 11.5. The van der Waals surface area contributed by atoms with Gasteiger partial charge in [-0.2, -0.15) is 0 Å². The largest absolute Gasteiger partial charge is 0.381 e. The molecule has 0 unspecified atom stereocenters. The molecule has 0 aromatic heterocycles. The summed E-state index contributed by atoms with van der Waals surface area (Å²) in [7, 11) is 5.66. The lowest BCUT2D eigenvalue weighted by molar-refractivity contribution is 0.128. The van der Waals surface area contributed by atoms with Gasteiger partial charge < -0.3 is 4.74 Å². The predicted molar refractivity (Wildman–Crippen MR) is 52.8 cm³/mol. The Balaban J connectivity index is 2.69. The highest BCUT2D eigenvalue weighted by molar-refractivity contribution is 6.93. The highest BCUT2D eigenvalue weighted by Crippen LogP contribution is 1.97. The number of ether oxygens (including phenoxy) is 1. The van der Waals surface area contributed by atoms with Gasteiger partial charge in [-0.3, -0.25) is 10.0 Å². The van der Waals surface area contributed by atoms with Gasteiger partial charge >= 0.3 is 14.3 Å². The minimum atomic E-state index is -0.213. The average Bonchev–Trinajstić information content (AvgIpc) is 2.03. The van der Waals surface area contributed by atoms with Gasteiger partial charge in [0.1, 0.15) is 0 Å². The lowest BCUT2D eigenvalue weighted by atomic mass is 10.3. The molecule has 0 rings (SSSR count). The van der Waals surface area contributed by atoms with E-state index in [1.165, 1.54) is 31.0 Å². The molecule has 0 spiro atoms. The predicted octanol–water partition coefficient (Wildman–Crippen LogP) is 2.59. The molecule has 0 aliphatic carbocycles. The molecule has 0 amide bonds. The van der Waals surface area contributed by atoms with Crippen molar-refractivity contribution in [3.05, 3.63) is 0 Å².